The average Bonchev–Trinajstić information content (AvgIpc) is 2.28. The Hall–Kier alpha value is -0.650. The SMILES string of the molecule is CC1(C)CN(C(=O)C2COCCN2)CCO1. The minimum absolute atomic E-state index is 0.135. The predicted molar refractivity (Wildman–Crippen MR) is 59.2 cm³/mol. The second kappa shape index (κ2) is 4.69. The molecule has 0 aromatic heterocycles. The normalized spacial score (nSPS) is 30.1. The van der Waals surface area contributed by atoms with Crippen LogP contribution in [0.2, 0.25) is 0 Å². The molecule has 1 unspecified atom stereocenters. The van der Waals surface area contributed by atoms with Crippen LogP contribution < -0.4 is 5.32 Å². The van der Waals surface area contributed by atoms with E-state index in [1.54, 1.807) is 0 Å². The summed E-state index contributed by atoms with van der Waals surface area (Å²) in [6.07, 6.45) is 0. The zero-order valence-corrected chi connectivity index (χ0v) is 9.99. The van der Waals surface area contributed by atoms with Gasteiger partial charge in [-0.15, -0.1) is 0 Å². The number of ether oxygens (including phenoxy) is 2. The topological polar surface area (TPSA) is 50.8 Å². The standard InChI is InChI=1S/C11H20N2O3/c1-11(2)8-13(4-6-16-11)10(14)9-7-15-5-3-12-9/h9,12H,3-8H2,1-2H3. The highest BCUT2D eigenvalue weighted by Gasteiger charge is 2.33. The van der Waals surface area contributed by atoms with Crippen molar-refractivity contribution >= 4 is 5.91 Å². The van der Waals surface area contributed by atoms with E-state index in [0.717, 1.165) is 6.54 Å². The van der Waals surface area contributed by atoms with Gasteiger partial charge in [0.25, 0.3) is 0 Å². The highest BCUT2D eigenvalue weighted by Crippen LogP contribution is 2.17. The molecule has 92 valence electrons. The molecule has 0 radical (unpaired) electrons. The fraction of sp³-hybridized carbons (Fsp3) is 0.909. The first-order valence-electron chi connectivity index (χ1n) is 5.82. The summed E-state index contributed by atoms with van der Waals surface area (Å²) in [4.78, 5) is 14.0. The predicted octanol–water partition coefficient (Wildman–Crippen LogP) is -0.388. The maximum absolute atomic E-state index is 12.2. The zero-order valence-electron chi connectivity index (χ0n) is 9.99. The summed E-state index contributed by atoms with van der Waals surface area (Å²) in [6, 6.07) is -0.178. The zero-order chi connectivity index (χ0) is 11.6. The Morgan fingerprint density at radius 2 is 2.25 bits per heavy atom. The lowest BCUT2D eigenvalue weighted by atomic mass is 10.1. The fourth-order valence-corrected chi connectivity index (χ4v) is 2.15. The van der Waals surface area contributed by atoms with E-state index in [1.807, 2.05) is 18.7 Å². The van der Waals surface area contributed by atoms with Crippen LogP contribution in [0, 0.1) is 0 Å². The minimum Gasteiger partial charge on any atom is -0.378 e. The Morgan fingerprint density at radius 1 is 1.44 bits per heavy atom. The van der Waals surface area contributed by atoms with Crippen molar-refractivity contribution in [2.45, 2.75) is 25.5 Å². The summed E-state index contributed by atoms with van der Waals surface area (Å²) >= 11 is 0. The number of morpholine rings is 2. The number of rotatable bonds is 1. The molecule has 1 amide bonds. The lowest BCUT2D eigenvalue weighted by molar-refractivity contribution is -0.150. The van der Waals surface area contributed by atoms with Gasteiger partial charge in [-0.25, -0.2) is 0 Å². The van der Waals surface area contributed by atoms with E-state index in [4.69, 9.17) is 9.47 Å². The van der Waals surface area contributed by atoms with Gasteiger partial charge in [0.15, 0.2) is 0 Å². The Labute approximate surface area is 96.1 Å². The van der Waals surface area contributed by atoms with Gasteiger partial charge >= 0.3 is 0 Å². The van der Waals surface area contributed by atoms with Gasteiger partial charge in [-0.2, -0.15) is 0 Å². The van der Waals surface area contributed by atoms with Gasteiger partial charge in [-0.1, -0.05) is 0 Å². The van der Waals surface area contributed by atoms with Gasteiger partial charge in [0, 0.05) is 19.6 Å². The van der Waals surface area contributed by atoms with Crippen LogP contribution in [0.15, 0.2) is 0 Å². The lowest BCUT2D eigenvalue weighted by Gasteiger charge is -2.40. The van der Waals surface area contributed by atoms with Crippen molar-refractivity contribution in [3.05, 3.63) is 0 Å². The van der Waals surface area contributed by atoms with Gasteiger partial charge < -0.3 is 19.7 Å². The molecular weight excluding hydrogens is 208 g/mol. The van der Waals surface area contributed by atoms with Crippen LogP contribution >= 0.6 is 0 Å². The molecule has 2 rings (SSSR count). The summed E-state index contributed by atoms with van der Waals surface area (Å²) in [5.74, 6) is 0.135. The number of amides is 1. The molecule has 0 bridgehead atoms. The second-order valence-electron chi connectivity index (χ2n) is 4.95. The summed E-state index contributed by atoms with van der Waals surface area (Å²) in [5.41, 5.74) is -0.233. The van der Waals surface area contributed by atoms with Crippen LogP contribution in [0.4, 0.5) is 0 Å². The fourth-order valence-electron chi connectivity index (χ4n) is 2.15. The molecule has 2 aliphatic heterocycles. The van der Waals surface area contributed by atoms with E-state index in [0.29, 0.717) is 32.9 Å². The summed E-state index contributed by atoms with van der Waals surface area (Å²) in [6.45, 7) is 7.91. The first-order chi connectivity index (χ1) is 7.58. The van der Waals surface area contributed by atoms with E-state index >= 15 is 0 Å². The highest BCUT2D eigenvalue weighted by molar-refractivity contribution is 5.82. The van der Waals surface area contributed by atoms with E-state index in [2.05, 4.69) is 5.32 Å². The molecule has 2 aliphatic rings. The van der Waals surface area contributed by atoms with E-state index in [-0.39, 0.29) is 17.6 Å². The van der Waals surface area contributed by atoms with E-state index < -0.39 is 0 Å². The largest absolute Gasteiger partial charge is 0.378 e. The summed E-state index contributed by atoms with van der Waals surface area (Å²) in [5, 5.41) is 3.19. The van der Waals surface area contributed by atoms with Crippen LogP contribution in [-0.2, 0) is 14.3 Å². The Morgan fingerprint density at radius 3 is 2.88 bits per heavy atom. The molecule has 2 fully saturated rings. The monoisotopic (exact) mass is 228 g/mol. The van der Waals surface area contributed by atoms with Crippen LogP contribution in [0.25, 0.3) is 0 Å². The first-order valence-corrected chi connectivity index (χ1v) is 5.82. The van der Waals surface area contributed by atoms with Crippen LogP contribution in [0.3, 0.4) is 0 Å². The van der Waals surface area contributed by atoms with Crippen LogP contribution in [0.5, 0.6) is 0 Å². The number of hydrogen-bond donors (Lipinski definition) is 1. The molecule has 1 N–H and O–H groups in total. The van der Waals surface area contributed by atoms with Gasteiger partial charge in [0.05, 0.1) is 25.4 Å². The number of carbonyl (C=O) groups is 1. The van der Waals surface area contributed by atoms with Crippen molar-refractivity contribution in [1.82, 2.24) is 10.2 Å². The van der Waals surface area contributed by atoms with Crippen LogP contribution in [0.1, 0.15) is 13.8 Å². The summed E-state index contributed by atoms with van der Waals surface area (Å²) in [7, 11) is 0. The number of hydrogen-bond acceptors (Lipinski definition) is 4. The molecule has 0 aromatic rings. The molecule has 0 saturated carbocycles. The Balaban J connectivity index is 1.93. The van der Waals surface area contributed by atoms with E-state index in [1.165, 1.54) is 0 Å². The third-order valence-corrected chi connectivity index (χ3v) is 2.96. The average molecular weight is 228 g/mol. The molecule has 2 saturated heterocycles. The highest BCUT2D eigenvalue weighted by atomic mass is 16.5. The minimum atomic E-state index is -0.233. The van der Waals surface area contributed by atoms with Crippen molar-refractivity contribution < 1.29 is 14.3 Å². The summed E-state index contributed by atoms with van der Waals surface area (Å²) < 4.78 is 10.9. The van der Waals surface area contributed by atoms with Gasteiger partial charge in [0.1, 0.15) is 6.04 Å². The molecule has 2 heterocycles. The van der Waals surface area contributed by atoms with Gasteiger partial charge in [0.2, 0.25) is 5.91 Å². The van der Waals surface area contributed by atoms with E-state index in [9.17, 15) is 4.79 Å². The van der Waals surface area contributed by atoms with Crippen molar-refractivity contribution in [1.29, 1.82) is 0 Å². The molecule has 0 spiro atoms. The third kappa shape index (κ3) is 2.72. The van der Waals surface area contributed by atoms with Crippen molar-refractivity contribution in [3.8, 4) is 0 Å². The maximum Gasteiger partial charge on any atom is 0.242 e. The Kier molecular flexibility index (Phi) is 3.47. The van der Waals surface area contributed by atoms with Gasteiger partial charge in [-0.05, 0) is 13.8 Å². The molecular formula is C11H20N2O3. The third-order valence-electron chi connectivity index (χ3n) is 2.96. The molecule has 5 heteroatoms. The Bertz CT molecular complexity index is 262. The quantitative estimate of drug-likeness (QED) is 0.664. The molecule has 5 nitrogen and oxygen atoms in total. The number of carbonyl (C=O) groups excluding carboxylic acids is 1. The maximum atomic E-state index is 12.2. The second-order valence-corrected chi connectivity index (χ2v) is 4.95. The van der Waals surface area contributed by atoms with Crippen molar-refractivity contribution in [2.75, 3.05) is 39.5 Å². The molecule has 1 atom stereocenters. The van der Waals surface area contributed by atoms with Crippen LogP contribution in [-0.4, -0.2) is 61.9 Å². The van der Waals surface area contributed by atoms with Crippen molar-refractivity contribution in [3.63, 3.8) is 0 Å². The molecule has 0 aromatic carbocycles. The molecule has 0 aliphatic carbocycles. The van der Waals surface area contributed by atoms with Crippen molar-refractivity contribution in [2.24, 2.45) is 0 Å². The number of nitrogens with one attached hydrogen (secondary N) is 1. The smallest absolute Gasteiger partial charge is 0.242 e. The molecule has 16 heavy (non-hydrogen) atoms. The van der Waals surface area contributed by atoms with Gasteiger partial charge in [-0.3, -0.25) is 4.79 Å². The first kappa shape index (κ1) is 11.8. The number of nitrogens with zero attached hydrogens (tertiary/aromatic N) is 1. The lowest BCUT2D eigenvalue weighted by Crippen LogP contribution is -2.58.